The number of carbonyl (C=O) groups excluding carboxylic acids is 1. The standard InChI is InChI=1S/C20H22N6OS/c1-13-14(2)28-17(24-13)12-22-19(27)16-11-23-20(26-8-3-4-9-26)25-18(16)15-6-5-7-21-10-15/h5-7,10-11H,3-4,8-9,12H2,1-2H3,(H,22,27). The number of amides is 1. The number of rotatable bonds is 5. The second kappa shape index (κ2) is 8.02. The second-order valence-electron chi connectivity index (χ2n) is 6.80. The predicted molar refractivity (Wildman–Crippen MR) is 109 cm³/mol. The minimum absolute atomic E-state index is 0.211. The van der Waals surface area contributed by atoms with Crippen molar-refractivity contribution in [3.8, 4) is 11.3 Å². The summed E-state index contributed by atoms with van der Waals surface area (Å²) in [5, 5.41) is 3.84. The Hall–Kier alpha value is -2.87. The first-order chi connectivity index (χ1) is 13.6. The molecule has 1 aliphatic rings. The van der Waals surface area contributed by atoms with Gasteiger partial charge in [-0.2, -0.15) is 0 Å². The molecule has 3 aromatic rings. The Kier molecular flexibility index (Phi) is 5.29. The van der Waals surface area contributed by atoms with Gasteiger partial charge in [0.25, 0.3) is 5.91 Å². The Morgan fingerprint density at radius 2 is 2.04 bits per heavy atom. The van der Waals surface area contributed by atoms with Gasteiger partial charge in [-0.05, 0) is 38.8 Å². The van der Waals surface area contributed by atoms with Crippen LogP contribution < -0.4 is 10.2 Å². The van der Waals surface area contributed by atoms with Crippen molar-refractivity contribution in [2.75, 3.05) is 18.0 Å². The molecule has 4 rings (SSSR count). The normalized spacial score (nSPS) is 13.7. The molecule has 28 heavy (non-hydrogen) atoms. The van der Waals surface area contributed by atoms with Crippen LogP contribution in [-0.2, 0) is 6.54 Å². The Labute approximate surface area is 167 Å². The fourth-order valence-electron chi connectivity index (χ4n) is 3.20. The van der Waals surface area contributed by atoms with E-state index in [0.717, 1.165) is 42.2 Å². The number of aryl methyl sites for hydroxylation is 2. The summed E-state index contributed by atoms with van der Waals surface area (Å²) >= 11 is 1.60. The third-order valence-corrected chi connectivity index (χ3v) is 5.89. The molecule has 0 unspecified atom stereocenters. The molecular weight excluding hydrogens is 372 g/mol. The second-order valence-corrected chi connectivity index (χ2v) is 8.09. The third-order valence-electron chi connectivity index (χ3n) is 4.82. The highest BCUT2D eigenvalue weighted by atomic mass is 32.1. The van der Waals surface area contributed by atoms with Crippen LogP contribution in [0.4, 0.5) is 5.95 Å². The van der Waals surface area contributed by atoms with Gasteiger partial charge in [-0.1, -0.05) is 0 Å². The summed E-state index contributed by atoms with van der Waals surface area (Å²) in [6.07, 6.45) is 7.33. The number of thiazole rings is 1. The number of nitrogens with one attached hydrogen (secondary N) is 1. The van der Waals surface area contributed by atoms with Crippen molar-refractivity contribution in [1.29, 1.82) is 0 Å². The average Bonchev–Trinajstić information content (AvgIpc) is 3.37. The van der Waals surface area contributed by atoms with Gasteiger partial charge in [-0.3, -0.25) is 9.78 Å². The smallest absolute Gasteiger partial charge is 0.255 e. The SMILES string of the molecule is Cc1nc(CNC(=O)c2cnc(N3CCCC3)nc2-c2cccnc2)sc1C. The summed E-state index contributed by atoms with van der Waals surface area (Å²) in [4.78, 5) is 34.1. The monoisotopic (exact) mass is 394 g/mol. The summed E-state index contributed by atoms with van der Waals surface area (Å²) < 4.78 is 0. The third kappa shape index (κ3) is 3.87. The summed E-state index contributed by atoms with van der Waals surface area (Å²) in [6.45, 7) is 6.28. The van der Waals surface area contributed by atoms with Crippen LogP contribution >= 0.6 is 11.3 Å². The zero-order valence-corrected chi connectivity index (χ0v) is 16.8. The van der Waals surface area contributed by atoms with E-state index in [1.165, 1.54) is 4.88 Å². The lowest BCUT2D eigenvalue weighted by atomic mass is 10.1. The largest absolute Gasteiger partial charge is 0.345 e. The molecule has 1 fully saturated rings. The molecule has 0 atom stereocenters. The Bertz CT molecular complexity index is 962. The van der Waals surface area contributed by atoms with E-state index >= 15 is 0 Å². The molecule has 0 saturated carbocycles. The number of nitrogens with zero attached hydrogens (tertiary/aromatic N) is 5. The van der Waals surface area contributed by atoms with Crippen LogP contribution in [-0.4, -0.2) is 38.9 Å². The highest BCUT2D eigenvalue weighted by molar-refractivity contribution is 7.11. The van der Waals surface area contributed by atoms with E-state index in [2.05, 4.69) is 25.2 Å². The fourth-order valence-corrected chi connectivity index (χ4v) is 4.07. The zero-order chi connectivity index (χ0) is 19.5. The van der Waals surface area contributed by atoms with Gasteiger partial charge in [-0.25, -0.2) is 15.0 Å². The van der Waals surface area contributed by atoms with E-state index < -0.39 is 0 Å². The lowest BCUT2D eigenvalue weighted by molar-refractivity contribution is 0.0951. The van der Waals surface area contributed by atoms with Gasteiger partial charge in [0.05, 0.1) is 23.5 Å². The van der Waals surface area contributed by atoms with Crippen LogP contribution in [0, 0.1) is 13.8 Å². The first kappa shape index (κ1) is 18.5. The molecule has 1 N–H and O–H groups in total. The van der Waals surface area contributed by atoms with Crippen molar-refractivity contribution >= 4 is 23.2 Å². The number of hydrogen-bond acceptors (Lipinski definition) is 7. The summed E-state index contributed by atoms with van der Waals surface area (Å²) in [5.74, 6) is 0.455. The first-order valence-corrected chi connectivity index (χ1v) is 10.2. The zero-order valence-electron chi connectivity index (χ0n) is 16.0. The van der Waals surface area contributed by atoms with Crippen molar-refractivity contribution in [1.82, 2.24) is 25.3 Å². The lowest BCUT2D eigenvalue weighted by Gasteiger charge is -2.17. The average molecular weight is 395 g/mol. The molecule has 144 valence electrons. The van der Waals surface area contributed by atoms with Gasteiger partial charge in [0.1, 0.15) is 5.01 Å². The maximum absolute atomic E-state index is 12.9. The Morgan fingerprint density at radius 3 is 2.71 bits per heavy atom. The molecule has 0 spiro atoms. The fraction of sp³-hybridized carbons (Fsp3) is 0.350. The maximum atomic E-state index is 12.9. The number of anilines is 1. The Balaban J connectivity index is 1.62. The van der Waals surface area contributed by atoms with Crippen LogP contribution in [0.15, 0.2) is 30.7 Å². The van der Waals surface area contributed by atoms with Crippen molar-refractivity contribution in [2.24, 2.45) is 0 Å². The topological polar surface area (TPSA) is 83.9 Å². The minimum atomic E-state index is -0.211. The van der Waals surface area contributed by atoms with E-state index in [1.807, 2.05) is 26.0 Å². The highest BCUT2D eigenvalue weighted by Gasteiger charge is 2.21. The molecule has 3 aromatic heterocycles. The van der Waals surface area contributed by atoms with Crippen molar-refractivity contribution in [3.05, 3.63) is 51.9 Å². The minimum Gasteiger partial charge on any atom is -0.345 e. The summed E-state index contributed by atoms with van der Waals surface area (Å²) in [7, 11) is 0. The molecule has 1 aliphatic heterocycles. The lowest BCUT2D eigenvalue weighted by Crippen LogP contribution is -2.26. The molecule has 1 amide bonds. The number of aromatic nitrogens is 4. The van der Waals surface area contributed by atoms with E-state index in [0.29, 0.717) is 23.8 Å². The highest BCUT2D eigenvalue weighted by Crippen LogP contribution is 2.25. The quantitative estimate of drug-likeness (QED) is 0.716. The molecule has 1 saturated heterocycles. The van der Waals surface area contributed by atoms with Crippen LogP contribution in [0.25, 0.3) is 11.3 Å². The van der Waals surface area contributed by atoms with Crippen molar-refractivity contribution in [3.63, 3.8) is 0 Å². The molecule has 8 heteroatoms. The van der Waals surface area contributed by atoms with Crippen molar-refractivity contribution < 1.29 is 4.79 Å². The molecular formula is C20H22N6OS. The van der Waals surface area contributed by atoms with Gasteiger partial charge in [-0.15, -0.1) is 11.3 Å². The van der Waals surface area contributed by atoms with Crippen molar-refractivity contribution in [2.45, 2.75) is 33.2 Å². The molecule has 7 nitrogen and oxygen atoms in total. The van der Waals surface area contributed by atoms with E-state index in [1.54, 1.807) is 29.9 Å². The number of hydrogen-bond donors (Lipinski definition) is 1. The van der Waals surface area contributed by atoms with Gasteiger partial charge >= 0.3 is 0 Å². The molecule has 0 radical (unpaired) electrons. The molecule has 0 aliphatic carbocycles. The van der Waals surface area contributed by atoms with Gasteiger partial charge in [0.15, 0.2) is 0 Å². The van der Waals surface area contributed by atoms with Gasteiger partial charge < -0.3 is 10.2 Å². The maximum Gasteiger partial charge on any atom is 0.255 e. The number of carbonyl (C=O) groups is 1. The number of pyridine rings is 1. The van der Waals surface area contributed by atoms with E-state index in [4.69, 9.17) is 4.98 Å². The summed E-state index contributed by atoms with van der Waals surface area (Å²) in [5.41, 5.74) is 2.86. The molecule has 0 aromatic carbocycles. The predicted octanol–water partition coefficient (Wildman–Crippen LogP) is 3.14. The first-order valence-electron chi connectivity index (χ1n) is 9.35. The van der Waals surface area contributed by atoms with Crippen LogP contribution in [0.1, 0.15) is 38.8 Å². The molecule has 4 heterocycles. The van der Waals surface area contributed by atoms with Crippen LogP contribution in [0.3, 0.4) is 0 Å². The van der Waals surface area contributed by atoms with E-state index in [9.17, 15) is 4.79 Å². The van der Waals surface area contributed by atoms with Crippen LogP contribution in [0.2, 0.25) is 0 Å². The summed E-state index contributed by atoms with van der Waals surface area (Å²) in [6, 6.07) is 3.75. The van der Waals surface area contributed by atoms with Crippen LogP contribution in [0.5, 0.6) is 0 Å². The van der Waals surface area contributed by atoms with Gasteiger partial charge in [0.2, 0.25) is 5.95 Å². The van der Waals surface area contributed by atoms with E-state index in [-0.39, 0.29) is 5.91 Å². The molecule has 0 bridgehead atoms. The Morgan fingerprint density at radius 1 is 1.21 bits per heavy atom. The van der Waals surface area contributed by atoms with Gasteiger partial charge in [0, 0.05) is 42.1 Å².